The summed E-state index contributed by atoms with van der Waals surface area (Å²) in [6, 6.07) is 0.208. The molecule has 0 fully saturated rings. The van der Waals surface area contributed by atoms with E-state index in [-0.39, 0.29) is 12.1 Å². The van der Waals surface area contributed by atoms with Crippen LogP contribution < -0.4 is 10.6 Å². The summed E-state index contributed by atoms with van der Waals surface area (Å²) in [6.07, 6.45) is 5.46. The van der Waals surface area contributed by atoms with Gasteiger partial charge in [0.2, 0.25) is 0 Å². The first-order valence-electron chi connectivity index (χ1n) is 8.06. The van der Waals surface area contributed by atoms with E-state index in [1.807, 2.05) is 33.2 Å². The smallest absolute Gasteiger partial charge is 0.407 e. The van der Waals surface area contributed by atoms with E-state index in [2.05, 4.69) is 34.0 Å². The highest BCUT2D eigenvalue weighted by atomic mass is 16.6. The van der Waals surface area contributed by atoms with Crippen molar-refractivity contribution in [3.05, 3.63) is 18.2 Å². The second-order valence-electron chi connectivity index (χ2n) is 6.38. The van der Waals surface area contributed by atoms with Crippen molar-refractivity contribution in [2.24, 2.45) is 0 Å². The number of hydrogen-bond acceptors (Lipinski definition) is 4. The van der Waals surface area contributed by atoms with Crippen molar-refractivity contribution in [1.82, 2.24) is 20.2 Å². The van der Waals surface area contributed by atoms with E-state index in [1.165, 1.54) is 0 Å². The molecule has 1 amide bonds. The van der Waals surface area contributed by atoms with E-state index in [9.17, 15) is 4.79 Å². The number of ether oxygens (including phenoxy) is 1. The fraction of sp³-hybridized carbons (Fsp3) is 0.750. The molecule has 6 heteroatoms. The molecule has 0 aliphatic rings. The molecule has 0 spiro atoms. The first kappa shape index (κ1) is 18.5. The van der Waals surface area contributed by atoms with Crippen LogP contribution in [-0.4, -0.2) is 33.8 Å². The predicted molar refractivity (Wildman–Crippen MR) is 87.7 cm³/mol. The van der Waals surface area contributed by atoms with Crippen LogP contribution in [0, 0.1) is 0 Å². The average molecular weight is 310 g/mol. The van der Waals surface area contributed by atoms with E-state index in [4.69, 9.17) is 4.74 Å². The number of hydrogen-bond donors (Lipinski definition) is 2. The van der Waals surface area contributed by atoms with Gasteiger partial charge in [-0.05, 0) is 34.1 Å². The molecule has 0 aliphatic heterocycles. The lowest BCUT2D eigenvalue weighted by Gasteiger charge is -2.22. The van der Waals surface area contributed by atoms with Gasteiger partial charge >= 0.3 is 6.09 Å². The number of aromatic nitrogens is 2. The minimum atomic E-state index is -0.469. The fourth-order valence-electron chi connectivity index (χ4n) is 2.18. The fourth-order valence-corrected chi connectivity index (χ4v) is 2.18. The molecular formula is C16H30N4O2. The quantitative estimate of drug-likeness (QED) is 0.774. The lowest BCUT2D eigenvalue weighted by Crippen LogP contribution is -2.42. The maximum Gasteiger partial charge on any atom is 0.407 e. The molecule has 6 nitrogen and oxygen atoms in total. The van der Waals surface area contributed by atoms with Crippen LogP contribution in [0.5, 0.6) is 0 Å². The minimum absolute atomic E-state index is 0.208. The summed E-state index contributed by atoms with van der Waals surface area (Å²) >= 11 is 0. The maximum atomic E-state index is 11.7. The van der Waals surface area contributed by atoms with Crippen LogP contribution in [0.25, 0.3) is 0 Å². The molecule has 0 aliphatic carbocycles. The van der Waals surface area contributed by atoms with E-state index in [0.29, 0.717) is 13.1 Å². The topological polar surface area (TPSA) is 68.2 Å². The van der Waals surface area contributed by atoms with Crippen LogP contribution in [0.2, 0.25) is 0 Å². The van der Waals surface area contributed by atoms with Gasteiger partial charge in [0, 0.05) is 31.5 Å². The second-order valence-corrected chi connectivity index (χ2v) is 6.38. The Labute approximate surface area is 133 Å². The Morgan fingerprint density at radius 2 is 2.14 bits per heavy atom. The van der Waals surface area contributed by atoms with E-state index < -0.39 is 5.60 Å². The van der Waals surface area contributed by atoms with Gasteiger partial charge in [0.05, 0.1) is 6.54 Å². The Morgan fingerprint density at radius 1 is 1.41 bits per heavy atom. The summed E-state index contributed by atoms with van der Waals surface area (Å²) in [7, 11) is 0. The Morgan fingerprint density at radius 3 is 2.73 bits per heavy atom. The first-order chi connectivity index (χ1) is 10.4. The number of alkyl carbamates (subject to hydrolysis) is 1. The molecular weight excluding hydrogens is 280 g/mol. The van der Waals surface area contributed by atoms with Crippen molar-refractivity contribution >= 4 is 6.09 Å². The average Bonchev–Trinajstić information content (AvgIpc) is 2.87. The van der Waals surface area contributed by atoms with E-state index in [0.717, 1.165) is 25.2 Å². The Kier molecular flexibility index (Phi) is 7.38. The summed E-state index contributed by atoms with van der Waals surface area (Å²) in [5, 5.41) is 6.29. The van der Waals surface area contributed by atoms with Crippen molar-refractivity contribution in [2.75, 3.05) is 6.54 Å². The van der Waals surface area contributed by atoms with Crippen molar-refractivity contribution in [1.29, 1.82) is 0 Å². The van der Waals surface area contributed by atoms with Crippen molar-refractivity contribution < 1.29 is 9.53 Å². The number of nitrogens with one attached hydrogen (secondary N) is 2. The number of imidazole rings is 1. The Balaban J connectivity index is 2.43. The van der Waals surface area contributed by atoms with Gasteiger partial charge < -0.3 is 19.9 Å². The third-order valence-corrected chi connectivity index (χ3v) is 3.22. The number of carbonyl (C=O) groups excluding carboxylic acids is 1. The highest BCUT2D eigenvalue weighted by molar-refractivity contribution is 5.67. The molecule has 0 radical (unpaired) electrons. The molecule has 0 saturated carbocycles. The van der Waals surface area contributed by atoms with Crippen molar-refractivity contribution in [3.63, 3.8) is 0 Å². The molecule has 0 aromatic carbocycles. The highest BCUT2D eigenvalue weighted by Crippen LogP contribution is 2.07. The van der Waals surface area contributed by atoms with Crippen molar-refractivity contribution in [3.8, 4) is 0 Å². The third kappa shape index (κ3) is 6.93. The molecule has 1 rings (SSSR count). The normalized spacial score (nSPS) is 13.0. The summed E-state index contributed by atoms with van der Waals surface area (Å²) in [4.78, 5) is 16.1. The third-order valence-electron chi connectivity index (χ3n) is 3.22. The molecule has 1 aromatic heterocycles. The van der Waals surface area contributed by atoms with Crippen LogP contribution in [0.15, 0.2) is 12.4 Å². The Bertz CT molecular complexity index is 451. The maximum absolute atomic E-state index is 11.7. The van der Waals surface area contributed by atoms with Gasteiger partial charge in [-0.3, -0.25) is 0 Å². The number of amides is 1. The van der Waals surface area contributed by atoms with E-state index in [1.54, 1.807) is 0 Å². The molecule has 1 unspecified atom stereocenters. The summed E-state index contributed by atoms with van der Waals surface area (Å²) in [5.74, 6) is 1.01. The lowest BCUT2D eigenvalue weighted by molar-refractivity contribution is 0.0521. The van der Waals surface area contributed by atoms with Gasteiger partial charge in [-0.25, -0.2) is 9.78 Å². The molecule has 126 valence electrons. The highest BCUT2D eigenvalue weighted by Gasteiger charge is 2.17. The largest absolute Gasteiger partial charge is 0.444 e. The molecule has 0 bridgehead atoms. The number of carbonyl (C=O) groups is 1. The van der Waals surface area contributed by atoms with Crippen LogP contribution in [-0.2, 0) is 17.8 Å². The lowest BCUT2D eigenvalue weighted by atomic mass is 10.1. The SMILES string of the molecule is CCCC(CNC(=O)OC(C)(C)C)NCc1nccn1CC. The van der Waals surface area contributed by atoms with Gasteiger partial charge in [-0.15, -0.1) is 0 Å². The van der Waals surface area contributed by atoms with Gasteiger partial charge in [0.25, 0.3) is 0 Å². The second kappa shape index (κ2) is 8.78. The summed E-state index contributed by atoms with van der Waals surface area (Å²) < 4.78 is 7.37. The number of nitrogens with zero attached hydrogens (tertiary/aromatic N) is 2. The number of aryl methyl sites for hydroxylation is 1. The van der Waals surface area contributed by atoms with Gasteiger partial charge in [0.1, 0.15) is 11.4 Å². The summed E-state index contributed by atoms with van der Waals surface area (Å²) in [6.45, 7) is 12.0. The van der Waals surface area contributed by atoms with Gasteiger partial charge in [0.15, 0.2) is 0 Å². The molecule has 2 N–H and O–H groups in total. The van der Waals surface area contributed by atoms with Crippen LogP contribution in [0.4, 0.5) is 4.79 Å². The molecule has 1 heterocycles. The van der Waals surface area contributed by atoms with Crippen LogP contribution in [0.3, 0.4) is 0 Å². The number of rotatable bonds is 8. The molecule has 1 aromatic rings. The van der Waals surface area contributed by atoms with E-state index >= 15 is 0 Å². The monoisotopic (exact) mass is 310 g/mol. The molecule has 22 heavy (non-hydrogen) atoms. The minimum Gasteiger partial charge on any atom is -0.444 e. The van der Waals surface area contributed by atoms with Crippen LogP contribution >= 0.6 is 0 Å². The molecule has 1 atom stereocenters. The zero-order valence-corrected chi connectivity index (χ0v) is 14.5. The molecule has 0 saturated heterocycles. The van der Waals surface area contributed by atoms with Crippen molar-refractivity contribution in [2.45, 2.75) is 72.2 Å². The zero-order valence-electron chi connectivity index (χ0n) is 14.5. The predicted octanol–water partition coefficient (Wildman–Crippen LogP) is 2.69. The van der Waals surface area contributed by atoms with Gasteiger partial charge in [-0.1, -0.05) is 13.3 Å². The zero-order chi connectivity index (χ0) is 16.6. The summed E-state index contributed by atoms with van der Waals surface area (Å²) in [5.41, 5.74) is -0.469. The Hall–Kier alpha value is -1.56. The van der Waals surface area contributed by atoms with Gasteiger partial charge in [-0.2, -0.15) is 0 Å². The standard InChI is InChI=1S/C16H30N4O2/c1-6-8-13(11-19-15(21)22-16(3,4)5)18-12-14-17-9-10-20(14)7-2/h9-10,13,18H,6-8,11-12H2,1-5H3,(H,19,21). The first-order valence-corrected chi connectivity index (χ1v) is 8.06. The van der Waals surface area contributed by atoms with Crippen LogP contribution in [0.1, 0.15) is 53.3 Å².